The third kappa shape index (κ3) is 3.21. The maximum Gasteiger partial charge on any atom is 0.0996 e. The van der Waals surface area contributed by atoms with Crippen LogP contribution in [-0.2, 0) is 6.42 Å². The standard InChI is InChI=1S/C26H20N2O/c1-2-18-8-10-20(11-9-18)26-22(19-6-4-3-5-7-19)16-23-24(28-26)12-14-27-25(23)21-13-15-29-17-21/h3-17H,2H2,1H3. The minimum absolute atomic E-state index is 0.883. The first-order chi connectivity index (χ1) is 14.3. The van der Waals surface area contributed by atoms with Gasteiger partial charge in [0, 0.05) is 28.3 Å². The molecule has 0 spiro atoms. The monoisotopic (exact) mass is 376 g/mol. The van der Waals surface area contributed by atoms with Crippen molar-refractivity contribution < 1.29 is 4.42 Å². The zero-order valence-electron chi connectivity index (χ0n) is 16.2. The number of hydrogen-bond donors (Lipinski definition) is 0. The summed E-state index contributed by atoms with van der Waals surface area (Å²) >= 11 is 0. The van der Waals surface area contributed by atoms with Gasteiger partial charge in [-0.1, -0.05) is 61.5 Å². The molecule has 3 heteroatoms. The second-order valence-corrected chi connectivity index (χ2v) is 7.04. The van der Waals surface area contributed by atoms with Gasteiger partial charge in [0.1, 0.15) is 0 Å². The van der Waals surface area contributed by atoms with Crippen LogP contribution in [0.3, 0.4) is 0 Å². The Hall–Kier alpha value is -3.72. The summed E-state index contributed by atoms with van der Waals surface area (Å²) in [5, 5.41) is 1.02. The highest BCUT2D eigenvalue weighted by Crippen LogP contribution is 2.36. The predicted molar refractivity (Wildman–Crippen MR) is 117 cm³/mol. The molecule has 0 bridgehead atoms. The van der Waals surface area contributed by atoms with Crippen molar-refractivity contribution in [1.82, 2.24) is 9.97 Å². The topological polar surface area (TPSA) is 38.9 Å². The molecule has 0 atom stereocenters. The first-order valence-corrected chi connectivity index (χ1v) is 9.80. The molecule has 0 aliphatic heterocycles. The number of aromatic nitrogens is 2. The van der Waals surface area contributed by atoms with Gasteiger partial charge < -0.3 is 4.42 Å². The molecule has 0 aliphatic rings. The molecule has 0 radical (unpaired) electrons. The van der Waals surface area contributed by atoms with E-state index in [-0.39, 0.29) is 0 Å². The van der Waals surface area contributed by atoms with Crippen molar-refractivity contribution in [3.63, 3.8) is 0 Å². The highest BCUT2D eigenvalue weighted by Gasteiger charge is 2.15. The lowest BCUT2D eigenvalue weighted by Gasteiger charge is -2.13. The van der Waals surface area contributed by atoms with E-state index in [1.54, 1.807) is 12.5 Å². The Morgan fingerprint density at radius 2 is 1.62 bits per heavy atom. The van der Waals surface area contributed by atoms with Crippen LogP contribution in [0.25, 0.3) is 44.5 Å². The molecule has 0 unspecified atom stereocenters. The van der Waals surface area contributed by atoms with Crippen molar-refractivity contribution in [1.29, 1.82) is 0 Å². The Balaban J connectivity index is 1.79. The lowest BCUT2D eigenvalue weighted by Crippen LogP contribution is -1.94. The Kier molecular flexibility index (Phi) is 4.41. The zero-order valence-corrected chi connectivity index (χ0v) is 16.2. The zero-order chi connectivity index (χ0) is 19.6. The number of aryl methyl sites for hydroxylation is 1. The van der Waals surface area contributed by atoms with E-state index in [0.717, 1.165) is 51.0 Å². The molecule has 140 valence electrons. The lowest BCUT2D eigenvalue weighted by molar-refractivity contribution is 0.568. The van der Waals surface area contributed by atoms with Crippen molar-refractivity contribution >= 4 is 10.9 Å². The van der Waals surface area contributed by atoms with Crippen molar-refractivity contribution in [2.75, 3.05) is 0 Å². The Morgan fingerprint density at radius 1 is 0.793 bits per heavy atom. The number of hydrogen-bond acceptors (Lipinski definition) is 3. The number of pyridine rings is 2. The second-order valence-electron chi connectivity index (χ2n) is 7.04. The van der Waals surface area contributed by atoms with Gasteiger partial charge in [-0.25, -0.2) is 4.98 Å². The van der Waals surface area contributed by atoms with Gasteiger partial charge in [-0.3, -0.25) is 4.98 Å². The van der Waals surface area contributed by atoms with Gasteiger partial charge in [-0.15, -0.1) is 0 Å². The summed E-state index contributed by atoms with van der Waals surface area (Å²) in [6.07, 6.45) is 6.23. The summed E-state index contributed by atoms with van der Waals surface area (Å²) in [7, 11) is 0. The van der Waals surface area contributed by atoms with Crippen LogP contribution in [0.15, 0.2) is 95.9 Å². The minimum Gasteiger partial charge on any atom is -0.472 e. The molecule has 3 heterocycles. The molecular formula is C26H20N2O. The van der Waals surface area contributed by atoms with E-state index < -0.39 is 0 Å². The van der Waals surface area contributed by atoms with Crippen LogP contribution in [0.5, 0.6) is 0 Å². The first-order valence-electron chi connectivity index (χ1n) is 9.80. The molecule has 5 rings (SSSR count). The highest BCUT2D eigenvalue weighted by atomic mass is 16.3. The van der Waals surface area contributed by atoms with Gasteiger partial charge >= 0.3 is 0 Å². The maximum absolute atomic E-state index is 5.29. The van der Waals surface area contributed by atoms with Crippen LogP contribution in [0.4, 0.5) is 0 Å². The average Bonchev–Trinajstić information content (AvgIpc) is 3.33. The Labute approximate surface area is 169 Å². The first kappa shape index (κ1) is 17.4. The smallest absolute Gasteiger partial charge is 0.0996 e. The number of benzene rings is 2. The molecule has 0 aliphatic carbocycles. The summed E-state index contributed by atoms with van der Waals surface area (Å²) in [4.78, 5) is 9.69. The van der Waals surface area contributed by atoms with E-state index in [1.165, 1.54) is 5.56 Å². The van der Waals surface area contributed by atoms with Gasteiger partial charge in [0.15, 0.2) is 0 Å². The molecule has 0 saturated carbocycles. The van der Waals surface area contributed by atoms with Crippen molar-refractivity contribution in [3.05, 3.63) is 97.1 Å². The minimum atomic E-state index is 0.883. The third-order valence-corrected chi connectivity index (χ3v) is 5.26. The van der Waals surface area contributed by atoms with E-state index >= 15 is 0 Å². The lowest BCUT2D eigenvalue weighted by atomic mass is 9.96. The predicted octanol–water partition coefficient (Wildman–Crippen LogP) is 6.79. The summed E-state index contributed by atoms with van der Waals surface area (Å²) in [6, 6.07) is 25.2. The van der Waals surface area contributed by atoms with Crippen molar-refractivity contribution in [2.24, 2.45) is 0 Å². The van der Waals surface area contributed by atoms with Gasteiger partial charge in [0.2, 0.25) is 0 Å². The van der Waals surface area contributed by atoms with E-state index in [2.05, 4.69) is 66.5 Å². The molecule has 2 aromatic carbocycles. The van der Waals surface area contributed by atoms with Crippen LogP contribution >= 0.6 is 0 Å². The van der Waals surface area contributed by atoms with Gasteiger partial charge in [0.25, 0.3) is 0 Å². The van der Waals surface area contributed by atoms with Crippen molar-refractivity contribution in [2.45, 2.75) is 13.3 Å². The SMILES string of the molecule is CCc1ccc(-c2nc3ccnc(-c4ccoc4)c3cc2-c2ccccc2)cc1. The van der Waals surface area contributed by atoms with Crippen LogP contribution in [0.1, 0.15) is 12.5 Å². The van der Waals surface area contributed by atoms with Gasteiger partial charge in [-0.05, 0) is 35.7 Å². The largest absolute Gasteiger partial charge is 0.472 e. The number of furan rings is 1. The quantitative estimate of drug-likeness (QED) is 0.347. The molecule has 0 amide bonds. The Morgan fingerprint density at radius 3 is 2.34 bits per heavy atom. The van der Waals surface area contributed by atoms with Crippen LogP contribution in [0.2, 0.25) is 0 Å². The van der Waals surface area contributed by atoms with E-state index in [0.29, 0.717) is 0 Å². The normalized spacial score (nSPS) is 11.1. The van der Waals surface area contributed by atoms with Gasteiger partial charge in [0.05, 0.1) is 29.4 Å². The second kappa shape index (κ2) is 7.36. The van der Waals surface area contributed by atoms with Crippen molar-refractivity contribution in [3.8, 4) is 33.6 Å². The number of nitrogens with zero attached hydrogens (tertiary/aromatic N) is 2. The van der Waals surface area contributed by atoms with Crippen LogP contribution in [0, 0.1) is 0 Å². The molecule has 29 heavy (non-hydrogen) atoms. The fourth-order valence-electron chi connectivity index (χ4n) is 3.68. The molecule has 0 N–H and O–H groups in total. The molecule has 3 nitrogen and oxygen atoms in total. The highest BCUT2D eigenvalue weighted by molar-refractivity contribution is 5.98. The van der Waals surface area contributed by atoms with Crippen LogP contribution < -0.4 is 0 Å². The molecule has 0 saturated heterocycles. The summed E-state index contributed by atoms with van der Waals surface area (Å²) in [5.41, 5.74) is 8.41. The third-order valence-electron chi connectivity index (χ3n) is 5.26. The van der Waals surface area contributed by atoms with E-state index in [1.807, 2.05) is 24.4 Å². The summed E-state index contributed by atoms with van der Waals surface area (Å²) in [6.45, 7) is 2.17. The Bertz CT molecular complexity index is 1260. The van der Waals surface area contributed by atoms with E-state index in [9.17, 15) is 0 Å². The van der Waals surface area contributed by atoms with Crippen LogP contribution in [-0.4, -0.2) is 9.97 Å². The summed E-state index contributed by atoms with van der Waals surface area (Å²) < 4.78 is 5.29. The van der Waals surface area contributed by atoms with Gasteiger partial charge in [-0.2, -0.15) is 0 Å². The summed E-state index contributed by atoms with van der Waals surface area (Å²) in [5.74, 6) is 0. The molecular weight excluding hydrogens is 356 g/mol. The van der Waals surface area contributed by atoms with E-state index in [4.69, 9.17) is 9.40 Å². The molecule has 3 aromatic heterocycles. The molecule has 0 fully saturated rings. The molecule has 5 aromatic rings. The maximum atomic E-state index is 5.29. The fraction of sp³-hybridized carbons (Fsp3) is 0.0769. The fourth-order valence-corrected chi connectivity index (χ4v) is 3.68. The number of rotatable bonds is 4. The number of fused-ring (bicyclic) bond motifs is 1. The average molecular weight is 376 g/mol.